The van der Waals surface area contributed by atoms with E-state index in [4.69, 9.17) is 0 Å². The average Bonchev–Trinajstić information content (AvgIpc) is 3.00. The van der Waals surface area contributed by atoms with E-state index in [2.05, 4.69) is 21.3 Å². The molecule has 0 aliphatic carbocycles. The summed E-state index contributed by atoms with van der Waals surface area (Å²) >= 11 is 0. The summed E-state index contributed by atoms with van der Waals surface area (Å²) in [4.78, 5) is 38.0. The van der Waals surface area contributed by atoms with Crippen LogP contribution in [-0.4, -0.2) is 17.7 Å². The molecular weight excluding hydrogens is 782 g/mol. The van der Waals surface area contributed by atoms with Gasteiger partial charge in [0.25, 0.3) is 17.7 Å². The minimum Gasteiger partial charge on any atom is -1.00 e. The van der Waals surface area contributed by atoms with Gasteiger partial charge in [-0.05, 0) is 78.9 Å². The van der Waals surface area contributed by atoms with Crippen molar-refractivity contribution >= 4 is 46.2 Å². The molecule has 5 rings (SSSR count). The van der Waals surface area contributed by atoms with Crippen molar-refractivity contribution in [3.05, 3.63) is 139 Å². The standard InChI is InChI=1S/C33H28N6O3.2HI/c1-38-20-17-29(18-21-38)34-26-13-15-28(16-14-26)36-32(41)24-7-5-23(6-8-24)31(40)35-27-11-9-25(10-12-27)33(42)37-30-4-3-19-39(2)22-30;;/h3-22H,1-2H3,(H2-,35,36,37,40,41,42);2*1H. The van der Waals surface area contributed by atoms with Crippen LogP contribution in [0.4, 0.5) is 28.4 Å². The zero-order valence-electron chi connectivity index (χ0n) is 23.9. The van der Waals surface area contributed by atoms with Gasteiger partial charge < -0.3 is 69.2 Å². The van der Waals surface area contributed by atoms with E-state index in [9.17, 15) is 14.4 Å². The number of nitrogens with zero attached hydrogens (tertiary/aromatic N) is 2. The first-order valence-corrected chi connectivity index (χ1v) is 13.2. The molecule has 44 heavy (non-hydrogen) atoms. The molecule has 0 aliphatic rings. The Morgan fingerprint density at radius 2 is 0.841 bits per heavy atom. The molecule has 2 aromatic heterocycles. The van der Waals surface area contributed by atoms with E-state index in [1.54, 1.807) is 48.5 Å². The highest BCUT2D eigenvalue weighted by Crippen LogP contribution is 2.19. The number of hydrogen-bond acceptors (Lipinski definition) is 4. The Bertz CT molecular complexity index is 1730. The first kappa shape index (κ1) is 34.1. The van der Waals surface area contributed by atoms with Crippen LogP contribution in [0, 0.1) is 0 Å². The van der Waals surface area contributed by atoms with Crippen LogP contribution < -0.4 is 78.4 Å². The van der Waals surface area contributed by atoms with E-state index in [1.807, 2.05) is 96.5 Å². The predicted octanol–water partition coefficient (Wildman–Crippen LogP) is -1.16. The zero-order chi connectivity index (χ0) is 29.5. The number of carbonyl (C=O) groups is 3. The van der Waals surface area contributed by atoms with Gasteiger partial charge in [-0.25, -0.2) is 9.13 Å². The SMILES string of the molecule is C[n+]1ccc(Nc2ccc(NC(=O)c3ccc(C(=O)Nc4ccc(C(=O)Nc5ccc[n+](C)c5)cc4)cc3)cc2)cc1.[I-].[I-]. The zero-order valence-corrected chi connectivity index (χ0v) is 28.2. The summed E-state index contributed by atoms with van der Waals surface area (Å²) in [7, 11) is 3.83. The van der Waals surface area contributed by atoms with Gasteiger partial charge in [0.15, 0.2) is 24.8 Å². The Morgan fingerprint density at radius 3 is 1.32 bits per heavy atom. The molecular formula is C33H30I2N6O3. The number of aromatic nitrogens is 2. The smallest absolute Gasteiger partial charge is 0.255 e. The third-order valence-corrected chi connectivity index (χ3v) is 6.42. The molecule has 11 heteroatoms. The van der Waals surface area contributed by atoms with Crippen molar-refractivity contribution in [1.29, 1.82) is 0 Å². The van der Waals surface area contributed by atoms with Gasteiger partial charge in [-0.3, -0.25) is 14.4 Å². The summed E-state index contributed by atoms with van der Waals surface area (Å²) < 4.78 is 3.80. The number of benzene rings is 3. The average molecular weight is 812 g/mol. The van der Waals surface area contributed by atoms with Crippen LogP contribution in [-0.2, 0) is 14.1 Å². The van der Waals surface area contributed by atoms with Gasteiger partial charge in [0.2, 0.25) is 0 Å². The van der Waals surface area contributed by atoms with Crippen LogP contribution in [0.5, 0.6) is 0 Å². The minimum absolute atomic E-state index is 0. The maximum atomic E-state index is 12.8. The van der Waals surface area contributed by atoms with E-state index >= 15 is 0 Å². The lowest BCUT2D eigenvalue weighted by atomic mass is 10.1. The van der Waals surface area contributed by atoms with Gasteiger partial charge in [0.1, 0.15) is 19.8 Å². The number of rotatable bonds is 8. The molecule has 0 bridgehead atoms. The third kappa shape index (κ3) is 9.31. The number of hydrogen-bond donors (Lipinski definition) is 4. The lowest BCUT2D eigenvalue weighted by molar-refractivity contribution is -0.671. The summed E-state index contributed by atoms with van der Waals surface area (Å²) in [5.41, 5.74) is 5.03. The molecule has 3 amide bonds. The van der Waals surface area contributed by atoms with Crippen molar-refractivity contribution in [2.24, 2.45) is 14.1 Å². The van der Waals surface area contributed by atoms with E-state index in [0.717, 1.165) is 11.4 Å². The maximum Gasteiger partial charge on any atom is 0.255 e. The molecule has 0 aliphatic heterocycles. The van der Waals surface area contributed by atoms with Gasteiger partial charge in [-0.2, -0.15) is 0 Å². The van der Waals surface area contributed by atoms with Crippen molar-refractivity contribution in [3.63, 3.8) is 0 Å². The Kier molecular flexibility index (Phi) is 12.3. The van der Waals surface area contributed by atoms with Gasteiger partial charge in [-0.1, -0.05) is 0 Å². The lowest BCUT2D eigenvalue weighted by Crippen LogP contribution is -3.00. The second-order valence-electron chi connectivity index (χ2n) is 9.73. The van der Waals surface area contributed by atoms with Crippen molar-refractivity contribution in [1.82, 2.24) is 0 Å². The summed E-state index contributed by atoms with van der Waals surface area (Å²) in [6.45, 7) is 0. The summed E-state index contributed by atoms with van der Waals surface area (Å²) in [5, 5.41) is 11.8. The fourth-order valence-corrected chi connectivity index (χ4v) is 4.14. The van der Waals surface area contributed by atoms with Crippen molar-refractivity contribution in [3.8, 4) is 0 Å². The molecule has 0 saturated heterocycles. The highest BCUT2D eigenvalue weighted by Gasteiger charge is 2.12. The fourth-order valence-electron chi connectivity index (χ4n) is 4.14. The Hall–Kier alpha value is -4.37. The molecule has 9 nitrogen and oxygen atoms in total. The van der Waals surface area contributed by atoms with E-state index in [1.165, 1.54) is 0 Å². The fraction of sp³-hybridized carbons (Fsp3) is 0.0606. The highest BCUT2D eigenvalue weighted by molar-refractivity contribution is 6.08. The van der Waals surface area contributed by atoms with Gasteiger partial charge in [0, 0.05) is 52.0 Å². The second kappa shape index (κ2) is 15.9. The summed E-state index contributed by atoms with van der Waals surface area (Å²) in [6.07, 6.45) is 7.60. The topological polar surface area (TPSA) is 107 Å². The number of amides is 3. The van der Waals surface area contributed by atoms with Crippen molar-refractivity contribution in [2.75, 3.05) is 21.3 Å². The Morgan fingerprint density at radius 1 is 0.455 bits per heavy atom. The molecule has 0 unspecified atom stereocenters. The molecule has 0 saturated carbocycles. The van der Waals surface area contributed by atoms with Gasteiger partial charge >= 0.3 is 0 Å². The van der Waals surface area contributed by atoms with Crippen LogP contribution in [0.25, 0.3) is 0 Å². The third-order valence-electron chi connectivity index (χ3n) is 6.42. The van der Waals surface area contributed by atoms with Crippen molar-refractivity contribution < 1.29 is 71.5 Å². The molecule has 3 aromatic carbocycles. The van der Waals surface area contributed by atoms with Crippen LogP contribution in [0.2, 0.25) is 0 Å². The minimum atomic E-state index is -0.328. The largest absolute Gasteiger partial charge is 1.00 e. The normalized spacial score (nSPS) is 9.95. The van der Waals surface area contributed by atoms with E-state index in [-0.39, 0.29) is 65.7 Å². The maximum absolute atomic E-state index is 12.8. The number of halogens is 2. The predicted molar refractivity (Wildman–Crippen MR) is 162 cm³/mol. The van der Waals surface area contributed by atoms with E-state index < -0.39 is 0 Å². The van der Waals surface area contributed by atoms with Crippen LogP contribution in [0.1, 0.15) is 31.1 Å². The van der Waals surface area contributed by atoms with Crippen molar-refractivity contribution in [2.45, 2.75) is 0 Å². The molecule has 4 N–H and O–H groups in total. The first-order valence-electron chi connectivity index (χ1n) is 13.2. The molecule has 5 aromatic rings. The molecule has 0 radical (unpaired) electrons. The van der Waals surface area contributed by atoms with E-state index in [0.29, 0.717) is 33.8 Å². The lowest BCUT2D eigenvalue weighted by Gasteiger charge is -2.09. The number of anilines is 5. The molecule has 0 spiro atoms. The number of nitrogens with one attached hydrogen (secondary N) is 4. The molecule has 0 fully saturated rings. The molecule has 0 atom stereocenters. The van der Waals surface area contributed by atoms with Crippen LogP contribution in [0.15, 0.2) is 122 Å². The molecule has 2 heterocycles. The quantitative estimate of drug-likeness (QED) is 0.117. The first-order chi connectivity index (χ1) is 20.3. The molecule has 224 valence electrons. The van der Waals surface area contributed by atoms with Crippen LogP contribution in [0.3, 0.4) is 0 Å². The Labute approximate surface area is 289 Å². The van der Waals surface area contributed by atoms with Gasteiger partial charge in [-0.15, -0.1) is 0 Å². The number of carbonyl (C=O) groups excluding carboxylic acids is 3. The summed E-state index contributed by atoms with van der Waals surface area (Å²) in [5.74, 6) is -0.857. The second-order valence-corrected chi connectivity index (χ2v) is 9.73. The number of pyridine rings is 2. The highest BCUT2D eigenvalue weighted by atomic mass is 127. The number of aryl methyl sites for hydroxylation is 2. The Balaban J connectivity index is 0.00000264. The monoisotopic (exact) mass is 812 g/mol. The summed E-state index contributed by atoms with van der Waals surface area (Å²) in [6, 6.07) is 28.0. The van der Waals surface area contributed by atoms with Gasteiger partial charge in [0.05, 0.1) is 5.69 Å². The van der Waals surface area contributed by atoms with Crippen LogP contribution >= 0.6 is 0 Å².